The molecule has 4 aromatic rings. The quantitative estimate of drug-likeness (QED) is 0.403. The van der Waals surface area contributed by atoms with Crippen LogP contribution in [0.25, 0.3) is 11.3 Å². The normalized spacial score (nSPS) is 10.4. The molecule has 0 saturated heterocycles. The fraction of sp³-hybridized carbons (Fsp3) is 0.0800. The van der Waals surface area contributed by atoms with E-state index in [2.05, 4.69) is 20.6 Å². The molecule has 3 aromatic carbocycles. The Labute approximate surface area is 190 Å². The molecule has 0 aliphatic rings. The van der Waals surface area contributed by atoms with Gasteiger partial charge >= 0.3 is 0 Å². The highest BCUT2D eigenvalue weighted by molar-refractivity contribution is 6.04. The Morgan fingerprint density at radius 2 is 1.61 bits per heavy atom. The number of rotatable bonds is 7. The molecule has 2 N–H and O–H groups in total. The minimum Gasteiger partial charge on any atom is -0.493 e. The van der Waals surface area contributed by atoms with E-state index in [0.717, 1.165) is 5.69 Å². The third-order valence-electron chi connectivity index (χ3n) is 4.85. The number of nitrogens with zero attached hydrogens (tertiary/aromatic N) is 2. The lowest BCUT2D eigenvalue weighted by atomic mass is 10.1. The third-order valence-corrected chi connectivity index (χ3v) is 4.85. The largest absolute Gasteiger partial charge is 0.493 e. The molecule has 0 aliphatic heterocycles. The highest BCUT2D eigenvalue weighted by Gasteiger charge is 2.10. The lowest BCUT2D eigenvalue weighted by Crippen LogP contribution is -2.12. The first-order chi connectivity index (χ1) is 16.1. The van der Waals surface area contributed by atoms with E-state index in [4.69, 9.17) is 9.47 Å². The summed E-state index contributed by atoms with van der Waals surface area (Å²) in [5.41, 5.74) is 3.06. The Morgan fingerprint density at radius 3 is 2.33 bits per heavy atom. The van der Waals surface area contributed by atoms with Gasteiger partial charge in [-0.25, -0.2) is 14.4 Å². The van der Waals surface area contributed by atoms with Gasteiger partial charge in [-0.2, -0.15) is 0 Å². The van der Waals surface area contributed by atoms with Crippen molar-refractivity contribution >= 4 is 23.1 Å². The SMILES string of the molecule is COc1ccc(NC(=O)c2ccc(Nc3cc(-c4cccc(F)c4)ncn3)cc2)cc1OC. The second-order valence-corrected chi connectivity index (χ2v) is 7.03. The molecule has 0 spiro atoms. The average molecular weight is 444 g/mol. The minimum atomic E-state index is -0.331. The van der Waals surface area contributed by atoms with Crippen molar-refractivity contribution in [2.24, 2.45) is 0 Å². The van der Waals surface area contributed by atoms with Gasteiger partial charge in [-0.15, -0.1) is 0 Å². The van der Waals surface area contributed by atoms with Crippen LogP contribution in [0, 0.1) is 5.82 Å². The second-order valence-electron chi connectivity index (χ2n) is 7.03. The van der Waals surface area contributed by atoms with Gasteiger partial charge in [0, 0.05) is 34.6 Å². The summed E-state index contributed by atoms with van der Waals surface area (Å²) in [5, 5.41) is 6.00. The molecule has 7 nitrogen and oxygen atoms in total. The summed E-state index contributed by atoms with van der Waals surface area (Å²) in [5.74, 6) is 1.06. The third kappa shape index (κ3) is 5.24. The molecule has 0 bridgehead atoms. The topological polar surface area (TPSA) is 85.4 Å². The van der Waals surface area contributed by atoms with Gasteiger partial charge in [0.2, 0.25) is 0 Å². The van der Waals surface area contributed by atoms with Crippen LogP contribution in [0.15, 0.2) is 79.1 Å². The maximum atomic E-state index is 13.5. The van der Waals surface area contributed by atoms with Crippen LogP contribution in [-0.2, 0) is 0 Å². The van der Waals surface area contributed by atoms with E-state index in [9.17, 15) is 9.18 Å². The van der Waals surface area contributed by atoms with E-state index in [1.54, 1.807) is 67.8 Å². The number of carbonyl (C=O) groups is 1. The van der Waals surface area contributed by atoms with E-state index >= 15 is 0 Å². The number of methoxy groups -OCH3 is 2. The van der Waals surface area contributed by atoms with E-state index < -0.39 is 0 Å². The molecule has 0 unspecified atom stereocenters. The Hall–Kier alpha value is -4.46. The van der Waals surface area contributed by atoms with Gasteiger partial charge in [0.15, 0.2) is 11.5 Å². The summed E-state index contributed by atoms with van der Waals surface area (Å²) in [6.07, 6.45) is 1.41. The number of ether oxygens (including phenoxy) is 2. The Morgan fingerprint density at radius 1 is 0.848 bits per heavy atom. The van der Waals surface area contributed by atoms with Gasteiger partial charge in [-0.3, -0.25) is 4.79 Å². The van der Waals surface area contributed by atoms with Crippen molar-refractivity contribution in [1.29, 1.82) is 0 Å². The summed E-state index contributed by atoms with van der Waals surface area (Å²) in [4.78, 5) is 21.0. The maximum Gasteiger partial charge on any atom is 0.255 e. The van der Waals surface area contributed by atoms with Crippen LogP contribution in [0.5, 0.6) is 11.5 Å². The number of anilines is 3. The minimum absolute atomic E-state index is 0.260. The zero-order chi connectivity index (χ0) is 23.2. The van der Waals surface area contributed by atoms with E-state index in [0.29, 0.717) is 39.8 Å². The van der Waals surface area contributed by atoms with Crippen LogP contribution < -0.4 is 20.1 Å². The number of halogens is 1. The van der Waals surface area contributed by atoms with Crippen molar-refractivity contribution in [2.75, 3.05) is 24.9 Å². The van der Waals surface area contributed by atoms with Gasteiger partial charge in [0.05, 0.1) is 19.9 Å². The molecule has 0 saturated carbocycles. The smallest absolute Gasteiger partial charge is 0.255 e. The highest BCUT2D eigenvalue weighted by atomic mass is 19.1. The summed E-state index contributed by atoms with van der Waals surface area (Å²) >= 11 is 0. The molecule has 1 aromatic heterocycles. The van der Waals surface area contributed by atoms with Crippen LogP contribution in [0.2, 0.25) is 0 Å². The lowest BCUT2D eigenvalue weighted by Gasteiger charge is -2.11. The highest BCUT2D eigenvalue weighted by Crippen LogP contribution is 2.30. The molecule has 0 fully saturated rings. The van der Waals surface area contributed by atoms with Crippen LogP contribution >= 0.6 is 0 Å². The van der Waals surface area contributed by atoms with Gasteiger partial charge in [0.25, 0.3) is 5.91 Å². The van der Waals surface area contributed by atoms with E-state index in [1.807, 2.05) is 0 Å². The second kappa shape index (κ2) is 9.78. The van der Waals surface area contributed by atoms with Crippen LogP contribution in [0.4, 0.5) is 21.6 Å². The fourth-order valence-corrected chi connectivity index (χ4v) is 3.20. The van der Waals surface area contributed by atoms with E-state index in [1.165, 1.54) is 25.6 Å². The number of amides is 1. The van der Waals surface area contributed by atoms with Crippen molar-refractivity contribution in [3.05, 3.63) is 90.5 Å². The van der Waals surface area contributed by atoms with Crippen LogP contribution in [0.3, 0.4) is 0 Å². The predicted molar refractivity (Wildman–Crippen MR) is 125 cm³/mol. The van der Waals surface area contributed by atoms with Gasteiger partial charge in [-0.05, 0) is 48.5 Å². The first-order valence-electron chi connectivity index (χ1n) is 10.0. The number of hydrogen-bond acceptors (Lipinski definition) is 6. The monoisotopic (exact) mass is 444 g/mol. The summed E-state index contributed by atoms with van der Waals surface area (Å²) in [6, 6.07) is 20.0. The van der Waals surface area contributed by atoms with Crippen LogP contribution in [0.1, 0.15) is 10.4 Å². The van der Waals surface area contributed by atoms with Crippen molar-refractivity contribution in [1.82, 2.24) is 9.97 Å². The zero-order valence-corrected chi connectivity index (χ0v) is 18.0. The fourth-order valence-electron chi connectivity index (χ4n) is 3.20. The molecule has 1 amide bonds. The number of hydrogen-bond donors (Lipinski definition) is 2. The van der Waals surface area contributed by atoms with Crippen LogP contribution in [-0.4, -0.2) is 30.1 Å². The Balaban J connectivity index is 1.44. The predicted octanol–water partition coefficient (Wildman–Crippen LogP) is 5.30. The Kier molecular flexibility index (Phi) is 6.45. The number of carbonyl (C=O) groups excluding carboxylic acids is 1. The summed E-state index contributed by atoms with van der Waals surface area (Å²) in [7, 11) is 3.09. The first kappa shape index (κ1) is 21.8. The molecule has 8 heteroatoms. The molecule has 1 heterocycles. The average Bonchev–Trinajstić information content (AvgIpc) is 2.84. The van der Waals surface area contributed by atoms with E-state index in [-0.39, 0.29) is 11.7 Å². The summed E-state index contributed by atoms with van der Waals surface area (Å²) in [6.45, 7) is 0. The van der Waals surface area contributed by atoms with Crippen molar-refractivity contribution in [2.45, 2.75) is 0 Å². The molecule has 33 heavy (non-hydrogen) atoms. The number of nitrogens with one attached hydrogen (secondary N) is 2. The first-order valence-corrected chi connectivity index (χ1v) is 10.0. The zero-order valence-electron chi connectivity index (χ0n) is 18.0. The molecule has 0 aliphatic carbocycles. The van der Waals surface area contributed by atoms with Crippen molar-refractivity contribution in [3.63, 3.8) is 0 Å². The van der Waals surface area contributed by atoms with Crippen molar-refractivity contribution < 1.29 is 18.7 Å². The standard InChI is InChI=1S/C25H21FN4O3/c1-32-22-11-10-20(13-23(22)33-2)30-25(31)16-6-8-19(9-7-16)29-24-14-21(27-15-28-24)17-4-3-5-18(26)12-17/h3-15H,1-2H3,(H,30,31)(H,27,28,29). The summed E-state index contributed by atoms with van der Waals surface area (Å²) < 4.78 is 24.0. The lowest BCUT2D eigenvalue weighted by molar-refractivity contribution is 0.102. The molecule has 0 radical (unpaired) electrons. The van der Waals surface area contributed by atoms with Gasteiger partial charge < -0.3 is 20.1 Å². The van der Waals surface area contributed by atoms with Gasteiger partial charge in [-0.1, -0.05) is 12.1 Å². The van der Waals surface area contributed by atoms with Crippen molar-refractivity contribution in [3.8, 4) is 22.8 Å². The Bertz CT molecular complexity index is 1280. The molecule has 4 rings (SSSR count). The molecule has 166 valence electrons. The molecule has 0 atom stereocenters. The number of aromatic nitrogens is 2. The molecular weight excluding hydrogens is 423 g/mol. The molecular formula is C25H21FN4O3. The maximum absolute atomic E-state index is 13.5. The van der Waals surface area contributed by atoms with Gasteiger partial charge in [0.1, 0.15) is 18.0 Å². The number of benzene rings is 3.